The monoisotopic (exact) mass is 203 g/mol. The number of para-hydroxylation sites is 1. The van der Waals surface area contributed by atoms with Crippen LogP contribution < -0.4 is 0 Å². The molecule has 0 aliphatic rings. The molecule has 0 aliphatic heterocycles. The van der Waals surface area contributed by atoms with Crippen molar-refractivity contribution in [3.8, 4) is 0 Å². The van der Waals surface area contributed by atoms with Gasteiger partial charge in [0.05, 0.1) is 17.8 Å². The lowest BCUT2D eigenvalue weighted by molar-refractivity contribution is 0.342. The average molecular weight is 203 g/mol. The van der Waals surface area contributed by atoms with E-state index in [1.807, 2.05) is 30.3 Å². The molecule has 0 unspecified atom stereocenters. The van der Waals surface area contributed by atoms with Crippen molar-refractivity contribution >= 4 is 16.7 Å². The summed E-state index contributed by atoms with van der Waals surface area (Å²) < 4.78 is 13.3. The van der Waals surface area contributed by atoms with Crippen molar-refractivity contribution in [3.63, 3.8) is 0 Å². The van der Waals surface area contributed by atoms with Crippen LogP contribution in [0.2, 0.25) is 0 Å². The second kappa shape index (κ2) is 4.19. The number of aliphatic hydroxyl groups excluding tert-OH is 1. The van der Waals surface area contributed by atoms with Gasteiger partial charge in [0.25, 0.3) is 0 Å². The van der Waals surface area contributed by atoms with Crippen LogP contribution in [0.4, 0.5) is 4.39 Å². The topological polar surface area (TPSA) is 33.1 Å². The van der Waals surface area contributed by atoms with E-state index in [4.69, 9.17) is 5.11 Å². The van der Waals surface area contributed by atoms with Crippen LogP contribution in [0.5, 0.6) is 0 Å². The van der Waals surface area contributed by atoms with E-state index in [-0.39, 0.29) is 12.3 Å². The molecule has 1 heterocycles. The highest BCUT2D eigenvalue weighted by Crippen LogP contribution is 2.17. The van der Waals surface area contributed by atoms with E-state index in [0.717, 1.165) is 17.0 Å². The van der Waals surface area contributed by atoms with Crippen molar-refractivity contribution in [2.45, 2.75) is 0 Å². The number of hydrogen-bond donors (Lipinski definition) is 1. The molecular formula is C12H10FNO. The lowest BCUT2D eigenvalue weighted by atomic mass is 10.2. The van der Waals surface area contributed by atoms with E-state index in [2.05, 4.69) is 4.98 Å². The molecule has 3 heteroatoms. The molecule has 0 bridgehead atoms. The van der Waals surface area contributed by atoms with Crippen molar-refractivity contribution < 1.29 is 9.50 Å². The highest BCUT2D eigenvalue weighted by molar-refractivity contribution is 5.80. The third-order valence-corrected chi connectivity index (χ3v) is 2.11. The fourth-order valence-corrected chi connectivity index (χ4v) is 1.38. The minimum atomic E-state index is -0.497. The normalized spacial score (nSPS) is 12.0. The van der Waals surface area contributed by atoms with Crippen LogP contribution >= 0.6 is 0 Å². The van der Waals surface area contributed by atoms with E-state index in [9.17, 15) is 4.39 Å². The SMILES string of the molecule is OC/C=C(/F)c1ccc2ccccc2n1. The predicted molar refractivity (Wildman–Crippen MR) is 57.9 cm³/mol. The van der Waals surface area contributed by atoms with Crippen LogP contribution in [0.3, 0.4) is 0 Å². The molecule has 0 amide bonds. The first-order chi connectivity index (χ1) is 7.31. The Kier molecular flexibility index (Phi) is 2.74. The first-order valence-electron chi connectivity index (χ1n) is 4.64. The van der Waals surface area contributed by atoms with Gasteiger partial charge in [0.2, 0.25) is 0 Å². The van der Waals surface area contributed by atoms with Crippen molar-refractivity contribution in [3.05, 3.63) is 48.2 Å². The minimum absolute atomic E-state index is 0.253. The Morgan fingerprint density at radius 2 is 2.07 bits per heavy atom. The highest BCUT2D eigenvalue weighted by atomic mass is 19.1. The van der Waals surface area contributed by atoms with Gasteiger partial charge in [-0.15, -0.1) is 0 Å². The summed E-state index contributed by atoms with van der Waals surface area (Å²) in [6, 6.07) is 10.9. The first kappa shape index (κ1) is 9.80. The first-order valence-corrected chi connectivity index (χ1v) is 4.64. The molecule has 76 valence electrons. The molecule has 0 aliphatic carbocycles. The molecular weight excluding hydrogens is 193 g/mol. The quantitative estimate of drug-likeness (QED) is 0.813. The average Bonchev–Trinajstić information content (AvgIpc) is 2.29. The standard InChI is InChI=1S/C12H10FNO/c13-10(7-8-15)12-6-5-9-3-1-2-4-11(9)14-12/h1-7,15H,8H2/b10-7+. The summed E-state index contributed by atoms with van der Waals surface area (Å²) in [6.07, 6.45) is 1.09. The third kappa shape index (κ3) is 2.02. The van der Waals surface area contributed by atoms with Gasteiger partial charge in [0.15, 0.2) is 0 Å². The predicted octanol–water partition coefficient (Wildman–Crippen LogP) is 2.54. The Labute approximate surface area is 86.7 Å². The Hall–Kier alpha value is -1.74. The number of nitrogens with zero attached hydrogens (tertiary/aromatic N) is 1. The Bertz CT molecular complexity index is 508. The van der Waals surface area contributed by atoms with E-state index in [1.54, 1.807) is 6.07 Å². The number of benzene rings is 1. The van der Waals surface area contributed by atoms with E-state index < -0.39 is 5.83 Å². The molecule has 15 heavy (non-hydrogen) atoms. The summed E-state index contributed by atoms with van der Waals surface area (Å²) in [7, 11) is 0. The smallest absolute Gasteiger partial charge is 0.147 e. The Morgan fingerprint density at radius 1 is 1.27 bits per heavy atom. The maximum atomic E-state index is 13.3. The second-order valence-electron chi connectivity index (χ2n) is 3.12. The molecule has 0 saturated carbocycles. The molecule has 0 radical (unpaired) electrons. The van der Waals surface area contributed by atoms with Crippen molar-refractivity contribution in [2.75, 3.05) is 6.61 Å². The molecule has 2 nitrogen and oxygen atoms in total. The van der Waals surface area contributed by atoms with Gasteiger partial charge in [-0.3, -0.25) is 0 Å². The molecule has 1 aromatic heterocycles. The number of hydrogen-bond acceptors (Lipinski definition) is 2. The van der Waals surface area contributed by atoms with Crippen LogP contribution in [0, 0.1) is 0 Å². The molecule has 0 saturated heterocycles. The van der Waals surface area contributed by atoms with Crippen LogP contribution in [-0.4, -0.2) is 16.7 Å². The highest BCUT2D eigenvalue weighted by Gasteiger charge is 2.02. The molecule has 0 atom stereocenters. The number of fused-ring (bicyclic) bond motifs is 1. The zero-order valence-corrected chi connectivity index (χ0v) is 8.02. The van der Waals surface area contributed by atoms with Crippen molar-refractivity contribution in [2.24, 2.45) is 0 Å². The molecule has 2 aromatic rings. The van der Waals surface area contributed by atoms with Gasteiger partial charge >= 0.3 is 0 Å². The number of pyridine rings is 1. The lowest BCUT2D eigenvalue weighted by Gasteiger charge is -2.00. The Balaban J connectivity index is 2.51. The van der Waals surface area contributed by atoms with Gasteiger partial charge in [-0.1, -0.05) is 24.3 Å². The number of rotatable bonds is 2. The number of aromatic nitrogens is 1. The van der Waals surface area contributed by atoms with Gasteiger partial charge in [-0.2, -0.15) is 0 Å². The maximum absolute atomic E-state index is 13.3. The summed E-state index contributed by atoms with van der Waals surface area (Å²) in [5, 5.41) is 9.54. The maximum Gasteiger partial charge on any atom is 0.147 e. The largest absolute Gasteiger partial charge is 0.392 e. The van der Waals surface area contributed by atoms with Crippen LogP contribution in [0.25, 0.3) is 16.7 Å². The second-order valence-corrected chi connectivity index (χ2v) is 3.12. The summed E-state index contributed by atoms with van der Waals surface area (Å²) >= 11 is 0. The van der Waals surface area contributed by atoms with Crippen molar-refractivity contribution in [1.29, 1.82) is 0 Å². The summed E-state index contributed by atoms with van der Waals surface area (Å²) in [5.74, 6) is -0.497. The molecule has 1 aromatic carbocycles. The summed E-state index contributed by atoms with van der Waals surface area (Å²) in [5.41, 5.74) is 0.999. The van der Waals surface area contributed by atoms with Gasteiger partial charge in [0, 0.05) is 5.39 Å². The van der Waals surface area contributed by atoms with Gasteiger partial charge in [-0.25, -0.2) is 9.37 Å². The van der Waals surface area contributed by atoms with Gasteiger partial charge in [0.1, 0.15) is 5.83 Å². The van der Waals surface area contributed by atoms with Crippen molar-refractivity contribution in [1.82, 2.24) is 4.98 Å². The summed E-state index contributed by atoms with van der Waals surface area (Å²) in [6.45, 7) is -0.319. The molecule has 0 fully saturated rings. The Morgan fingerprint density at radius 3 is 2.87 bits per heavy atom. The zero-order valence-electron chi connectivity index (χ0n) is 8.02. The van der Waals surface area contributed by atoms with E-state index in [0.29, 0.717) is 0 Å². The third-order valence-electron chi connectivity index (χ3n) is 2.11. The fraction of sp³-hybridized carbons (Fsp3) is 0.0833. The molecule has 1 N–H and O–H groups in total. The number of aliphatic hydroxyl groups is 1. The fourth-order valence-electron chi connectivity index (χ4n) is 1.38. The number of halogens is 1. The van der Waals surface area contributed by atoms with Crippen LogP contribution in [-0.2, 0) is 0 Å². The zero-order chi connectivity index (χ0) is 10.7. The molecule has 0 spiro atoms. The van der Waals surface area contributed by atoms with E-state index >= 15 is 0 Å². The summed E-state index contributed by atoms with van der Waals surface area (Å²) in [4.78, 5) is 4.14. The van der Waals surface area contributed by atoms with Crippen LogP contribution in [0.1, 0.15) is 5.69 Å². The van der Waals surface area contributed by atoms with E-state index in [1.165, 1.54) is 0 Å². The lowest BCUT2D eigenvalue weighted by Crippen LogP contribution is -1.87. The molecule has 2 rings (SSSR count). The van der Waals surface area contributed by atoms with Gasteiger partial charge < -0.3 is 5.11 Å². The van der Waals surface area contributed by atoms with Gasteiger partial charge in [-0.05, 0) is 18.2 Å². The minimum Gasteiger partial charge on any atom is -0.392 e. The van der Waals surface area contributed by atoms with Crippen LogP contribution in [0.15, 0.2) is 42.5 Å².